The first kappa shape index (κ1) is 67.4. The van der Waals surface area contributed by atoms with Crippen LogP contribution >= 0.6 is 0 Å². The highest BCUT2D eigenvalue weighted by Gasteiger charge is 2.50. The standard InChI is InChI=1S/C61H104O12/c1-4-7-10-13-16-19-22-25-27-30-32-35-38-41-44-47-53(62)69-50-52(71-54(63)48-45-42-39-36-33-29-24-21-18-15-12-9-6-3)51-70-61-59(57(66)56(65)58(73-61)60(67)68)72-55(64)49-46-43-40-37-34-31-28-26-23-20-17-14-11-8-5-2/h7,10,12,15-16,19,21,24-25,27,52,56-59,61,65-66H,4-6,8-9,11,13-14,17-18,20,22-23,26,28-51H2,1-3H3,(H,67,68)/b10-7-,15-12-,19-16-,24-21-,27-25-. The van der Waals surface area contributed by atoms with E-state index in [1.165, 1.54) is 64.2 Å². The van der Waals surface area contributed by atoms with E-state index in [1.807, 2.05) is 0 Å². The lowest BCUT2D eigenvalue weighted by molar-refractivity contribution is -0.301. The summed E-state index contributed by atoms with van der Waals surface area (Å²) in [5, 5.41) is 31.5. The molecule has 12 nitrogen and oxygen atoms in total. The number of unbranched alkanes of at least 4 members (excludes halogenated alkanes) is 25. The first-order valence-electron chi connectivity index (χ1n) is 29.3. The summed E-state index contributed by atoms with van der Waals surface area (Å²) in [5.74, 6) is -3.15. The molecule has 0 bridgehead atoms. The van der Waals surface area contributed by atoms with Gasteiger partial charge in [-0.15, -0.1) is 0 Å². The molecule has 0 amide bonds. The lowest BCUT2D eigenvalue weighted by atomic mass is 9.98. The van der Waals surface area contributed by atoms with Gasteiger partial charge in [-0.1, -0.05) is 216 Å². The largest absolute Gasteiger partial charge is 0.479 e. The number of esters is 3. The van der Waals surface area contributed by atoms with Gasteiger partial charge in [0.05, 0.1) is 6.61 Å². The molecular weight excluding hydrogens is 925 g/mol. The van der Waals surface area contributed by atoms with Gasteiger partial charge in [-0.05, 0) is 77.0 Å². The van der Waals surface area contributed by atoms with Gasteiger partial charge in [0.1, 0.15) is 18.8 Å². The number of aliphatic hydroxyl groups excluding tert-OH is 2. The van der Waals surface area contributed by atoms with Crippen LogP contribution in [0.1, 0.15) is 252 Å². The van der Waals surface area contributed by atoms with Crippen molar-refractivity contribution in [2.75, 3.05) is 13.2 Å². The molecule has 0 aromatic heterocycles. The van der Waals surface area contributed by atoms with Crippen LogP contribution in [0, 0.1) is 0 Å². The van der Waals surface area contributed by atoms with Gasteiger partial charge >= 0.3 is 23.9 Å². The Bertz CT molecular complexity index is 1500. The summed E-state index contributed by atoms with van der Waals surface area (Å²) in [6.45, 7) is 5.80. The van der Waals surface area contributed by atoms with Crippen molar-refractivity contribution in [1.29, 1.82) is 0 Å². The number of hydrogen-bond acceptors (Lipinski definition) is 11. The molecule has 1 rings (SSSR count). The van der Waals surface area contributed by atoms with E-state index in [2.05, 4.69) is 81.5 Å². The maximum absolute atomic E-state index is 13.1. The van der Waals surface area contributed by atoms with Crippen LogP contribution in [0.4, 0.5) is 0 Å². The lowest BCUT2D eigenvalue weighted by Gasteiger charge is -2.40. The molecule has 1 heterocycles. The second-order valence-corrected chi connectivity index (χ2v) is 19.9. The highest BCUT2D eigenvalue weighted by Crippen LogP contribution is 2.26. The van der Waals surface area contributed by atoms with E-state index < -0.39 is 67.3 Å². The Morgan fingerprint density at radius 1 is 0.466 bits per heavy atom. The molecule has 1 saturated heterocycles. The quantitative estimate of drug-likeness (QED) is 0.0228. The molecule has 6 unspecified atom stereocenters. The fourth-order valence-corrected chi connectivity index (χ4v) is 8.60. The number of carbonyl (C=O) groups excluding carboxylic acids is 3. The maximum Gasteiger partial charge on any atom is 0.335 e. The molecule has 0 aromatic rings. The molecule has 1 fully saturated rings. The molecule has 0 radical (unpaired) electrons. The van der Waals surface area contributed by atoms with Gasteiger partial charge in [0.15, 0.2) is 24.6 Å². The van der Waals surface area contributed by atoms with E-state index in [0.29, 0.717) is 19.3 Å². The zero-order valence-electron chi connectivity index (χ0n) is 46.1. The van der Waals surface area contributed by atoms with Crippen LogP contribution < -0.4 is 0 Å². The highest BCUT2D eigenvalue weighted by molar-refractivity contribution is 5.74. The number of aliphatic carboxylic acids is 1. The molecule has 1 aliphatic rings. The van der Waals surface area contributed by atoms with Crippen molar-refractivity contribution in [1.82, 2.24) is 0 Å². The van der Waals surface area contributed by atoms with Gasteiger partial charge in [0.2, 0.25) is 0 Å². The highest BCUT2D eigenvalue weighted by atomic mass is 16.7. The monoisotopic (exact) mass is 1030 g/mol. The molecule has 0 aromatic carbocycles. The summed E-state index contributed by atoms with van der Waals surface area (Å²) in [7, 11) is 0. The zero-order valence-corrected chi connectivity index (χ0v) is 46.1. The zero-order chi connectivity index (χ0) is 53.3. The Morgan fingerprint density at radius 3 is 1.37 bits per heavy atom. The van der Waals surface area contributed by atoms with Crippen LogP contribution in [0.2, 0.25) is 0 Å². The summed E-state index contributed by atoms with van der Waals surface area (Å²) < 4.78 is 28.4. The summed E-state index contributed by atoms with van der Waals surface area (Å²) in [4.78, 5) is 51.1. The van der Waals surface area contributed by atoms with Crippen molar-refractivity contribution in [3.8, 4) is 0 Å². The van der Waals surface area contributed by atoms with Crippen LogP contribution in [0.15, 0.2) is 60.8 Å². The summed E-state index contributed by atoms with van der Waals surface area (Å²) in [5.41, 5.74) is 0. The van der Waals surface area contributed by atoms with Crippen molar-refractivity contribution < 1.29 is 58.2 Å². The van der Waals surface area contributed by atoms with E-state index in [-0.39, 0.29) is 25.9 Å². The van der Waals surface area contributed by atoms with Crippen molar-refractivity contribution >= 4 is 23.9 Å². The minimum Gasteiger partial charge on any atom is -0.479 e. The Balaban J connectivity index is 2.70. The van der Waals surface area contributed by atoms with E-state index in [9.17, 15) is 34.5 Å². The van der Waals surface area contributed by atoms with E-state index in [4.69, 9.17) is 23.7 Å². The Hall–Kier alpha value is -3.58. The Morgan fingerprint density at radius 2 is 0.890 bits per heavy atom. The van der Waals surface area contributed by atoms with Crippen LogP contribution in [0.3, 0.4) is 0 Å². The molecular formula is C61H104O12. The molecule has 1 aliphatic heterocycles. The first-order chi connectivity index (χ1) is 35.6. The fourth-order valence-electron chi connectivity index (χ4n) is 8.60. The predicted octanol–water partition coefficient (Wildman–Crippen LogP) is 14.8. The van der Waals surface area contributed by atoms with Crippen molar-refractivity contribution in [2.45, 2.75) is 289 Å². The average Bonchev–Trinajstić information content (AvgIpc) is 3.37. The smallest absolute Gasteiger partial charge is 0.335 e. The average molecular weight is 1030 g/mol. The number of rotatable bonds is 49. The van der Waals surface area contributed by atoms with Gasteiger partial charge in [-0.3, -0.25) is 14.4 Å². The normalized spacial score (nSPS) is 18.7. The lowest BCUT2D eigenvalue weighted by Crippen LogP contribution is -2.61. The van der Waals surface area contributed by atoms with E-state index >= 15 is 0 Å². The fraction of sp³-hybridized carbons (Fsp3) is 0.770. The van der Waals surface area contributed by atoms with Crippen LogP contribution in [0.5, 0.6) is 0 Å². The van der Waals surface area contributed by atoms with Gasteiger partial charge < -0.3 is 39.0 Å². The Labute approximate surface area is 443 Å². The number of carboxylic acids is 1. The number of carboxylic acid groups (broad SMARTS) is 1. The maximum atomic E-state index is 13.1. The van der Waals surface area contributed by atoms with E-state index in [1.54, 1.807) is 0 Å². The third-order valence-electron chi connectivity index (χ3n) is 13.1. The molecule has 0 spiro atoms. The second-order valence-electron chi connectivity index (χ2n) is 19.9. The third kappa shape index (κ3) is 39.5. The minimum atomic E-state index is -1.91. The second kappa shape index (κ2) is 49.3. The molecule has 420 valence electrons. The molecule has 73 heavy (non-hydrogen) atoms. The number of aliphatic hydroxyl groups is 2. The van der Waals surface area contributed by atoms with Gasteiger partial charge in [-0.2, -0.15) is 0 Å². The molecule has 6 atom stereocenters. The SMILES string of the molecule is CC/C=C\C/C=C\C/C=C\CCCCCCCC(=O)OCC(COC1OC(C(=O)O)C(O)C(O)C1OC(=O)CCCCCCCCCCCCCCCCC)OC(=O)CCCCCCC/C=C\C/C=C\CCC. The van der Waals surface area contributed by atoms with Crippen molar-refractivity contribution in [2.24, 2.45) is 0 Å². The number of carbonyl (C=O) groups is 4. The molecule has 0 saturated carbocycles. The van der Waals surface area contributed by atoms with Gasteiger partial charge in [-0.25, -0.2) is 4.79 Å². The first-order valence-corrected chi connectivity index (χ1v) is 29.3. The van der Waals surface area contributed by atoms with Crippen LogP contribution in [-0.2, 0) is 42.9 Å². The van der Waals surface area contributed by atoms with Crippen molar-refractivity contribution in [3.63, 3.8) is 0 Å². The Kier molecular flexibility index (Phi) is 45.5. The molecule has 12 heteroatoms. The van der Waals surface area contributed by atoms with Crippen molar-refractivity contribution in [3.05, 3.63) is 60.8 Å². The van der Waals surface area contributed by atoms with Crippen LogP contribution in [-0.4, -0.2) is 89.2 Å². The third-order valence-corrected chi connectivity index (χ3v) is 13.1. The van der Waals surface area contributed by atoms with Crippen LogP contribution in [0.25, 0.3) is 0 Å². The molecule has 3 N–H and O–H groups in total. The number of allylic oxidation sites excluding steroid dienone is 10. The van der Waals surface area contributed by atoms with Gasteiger partial charge in [0.25, 0.3) is 0 Å². The van der Waals surface area contributed by atoms with Gasteiger partial charge in [0, 0.05) is 19.3 Å². The topological polar surface area (TPSA) is 175 Å². The number of ether oxygens (including phenoxy) is 5. The summed E-state index contributed by atoms with van der Waals surface area (Å²) in [6, 6.07) is 0. The summed E-state index contributed by atoms with van der Waals surface area (Å²) in [6.07, 6.45) is 47.6. The predicted molar refractivity (Wildman–Crippen MR) is 294 cm³/mol. The molecule has 0 aliphatic carbocycles. The minimum absolute atomic E-state index is 0.0596. The summed E-state index contributed by atoms with van der Waals surface area (Å²) >= 11 is 0. The van der Waals surface area contributed by atoms with E-state index in [0.717, 1.165) is 128 Å². The number of hydrogen-bond donors (Lipinski definition) is 3.